The molecule has 1 aliphatic rings. The van der Waals surface area contributed by atoms with E-state index >= 15 is 0 Å². The summed E-state index contributed by atoms with van der Waals surface area (Å²) in [6.45, 7) is 0.267. The third-order valence-corrected chi connectivity index (χ3v) is 4.68. The average Bonchev–Trinajstić information content (AvgIpc) is 3.45. The summed E-state index contributed by atoms with van der Waals surface area (Å²) in [5.74, 6) is -1.43. The first-order valence-electron chi connectivity index (χ1n) is 8.72. The topological polar surface area (TPSA) is 58.2 Å². The lowest BCUT2D eigenvalue weighted by atomic mass is 10.0. The maximum absolute atomic E-state index is 12.9. The zero-order chi connectivity index (χ0) is 20.4. The molecule has 2 amide bonds. The van der Waals surface area contributed by atoms with Crippen LogP contribution in [0.5, 0.6) is 0 Å². The van der Waals surface area contributed by atoms with E-state index < -0.39 is 29.0 Å². The van der Waals surface area contributed by atoms with E-state index in [0.717, 1.165) is 17.7 Å². The molecule has 1 aliphatic carbocycles. The summed E-state index contributed by atoms with van der Waals surface area (Å²) in [6, 6.07) is 10.1. The quantitative estimate of drug-likeness (QED) is 0.576. The number of benzene rings is 2. The number of carbonyl (C=O) groups is 2. The molecular weight excluding hydrogens is 376 g/mol. The van der Waals surface area contributed by atoms with Crippen LogP contribution >= 0.6 is 0 Å². The van der Waals surface area contributed by atoms with E-state index in [1.807, 2.05) is 0 Å². The number of halogens is 4. The van der Waals surface area contributed by atoms with Gasteiger partial charge in [0.25, 0.3) is 0 Å². The van der Waals surface area contributed by atoms with Crippen LogP contribution < -0.4 is 10.6 Å². The molecule has 2 N–H and O–H groups in total. The van der Waals surface area contributed by atoms with Crippen LogP contribution in [0.1, 0.15) is 24.0 Å². The van der Waals surface area contributed by atoms with E-state index in [2.05, 4.69) is 10.6 Å². The Morgan fingerprint density at radius 2 is 1.68 bits per heavy atom. The van der Waals surface area contributed by atoms with E-state index in [-0.39, 0.29) is 18.0 Å². The molecule has 0 radical (unpaired) electrons. The predicted molar refractivity (Wildman–Crippen MR) is 94.9 cm³/mol. The lowest BCUT2D eigenvalue weighted by Gasteiger charge is -2.16. The first kappa shape index (κ1) is 19.9. The zero-order valence-electron chi connectivity index (χ0n) is 14.8. The van der Waals surface area contributed by atoms with Gasteiger partial charge in [0, 0.05) is 12.2 Å². The van der Waals surface area contributed by atoms with Crippen molar-refractivity contribution in [3.63, 3.8) is 0 Å². The standard InChI is InChI=1S/C20H18F4N2O2/c21-15-6-4-13(5-7-15)8-11-25-17(27)19(9-10-19)18(28)26-16-3-1-2-14(12-16)20(22,23)24/h1-7,12H,8-11H2,(H,25,27)(H,26,28). The van der Waals surface area contributed by atoms with Crippen LogP contribution in [0.3, 0.4) is 0 Å². The fraction of sp³-hybridized carbons (Fsp3) is 0.300. The van der Waals surface area contributed by atoms with Crippen LogP contribution in [-0.4, -0.2) is 18.4 Å². The smallest absolute Gasteiger partial charge is 0.355 e. The normalized spacial score (nSPS) is 15.0. The van der Waals surface area contributed by atoms with Gasteiger partial charge in [-0.25, -0.2) is 4.39 Å². The summed E-state index contributed by atoms with van der Waals surface area (Å²) >= 11 is 0. The van der Waals surface area contributed by atoms with Crippen molar-refractivity contribution in [2.45, 2.75) is 25.4 Å². The minimum atomic E-state index is -4.52. The molecule has 2 aromatic carbocycles. The van der Waals surface area contributed by atoms with Crippen molar-refractivity contribution in [3.05, 3.63) is 65.5 Å². The number of hydrogen-bond donors (Lipinski definition) is 2. The molecule has 148 valence electrons. The van der Waals surface area contributed by atoms with Crippen molar-refractivity contribution >= 4 is 17.5 Å². The van der Waals surface area contributed by atoms with Gasteiger partial charge in [-0.1, -0.05) is 18.2 Å². The summed E-state index contributed by atoms with van der Waals surface area (Å²) < 4.78 is 51.2. The van der Waals surface area contributed by atoms with Gasteiger partial charge in [0.2, 0.25) is 11.8 Å². The molecule has 8 heteroatoms. The van der Waals surface area contributed by atoms with Crippen molar-refractivity contribution in [2.24, 2.45) is 5.41 Å². The number of alkyl halides is 3. The zero-order valence-corrected chi connectivity index (χ0v) is 14.8. The van der Waals surface area contributed by atoms with Crippen molar-refractivity contribution in [2.75, 3.05) is 11.9 Å². The molecule has 2 aromatic rings. The highest BCUT2D eigenvalue weighted by molar-refractivity contribution is 6.13. The van der Waals surface area contributed by atoms with Gasteiger partial charge in [0.1, 0.15) is 11.2 Å². The highest BCUT2D eigenvalue weighted by Crippen LogP contribution is 2.47. The van der Waals surface area contributed by atoms with E-state index in [4.69, 9.17) is 0 Å². The first-order chi connectivity index (χ1) is 13.2. The minimum Gasteiger partial charge on any atom is -0.355 e. The Morgan fingerprint density at radius 1 is 1.00 bits per heavy atom. The number of nitrogens with one attached hydrogen (secondary N) is 2. The third kappa shape index (κ3) is 4.49. The molecule has 0 spiro atoms. The Labute approximate surface area is 158 Å². The van der Waals surface area contributed by atoms with E-state index in [1.54, 1.807) is 12.1 Å². The SMILES string of the molecule is O=C(NCCc1ccc(F)cc1)C1(C(=O)Nc2cccc(C(F)(F)F)c2)CC1. The van der Waals surface area contributed by atoms with Crippen molar-refractivity contribution in [3.8, 4) is 0 Å². The van der Waals surface area contributed by atoms with Gasteiger partial charge < -0.3 is 10.6 Å². The second kappa shape index (κ2) is 7.61. The summed E-state index contributed by atoms with van der Waals surface area (Å²) in [4.78, 5) is 24.9. The minimum absolute atomic E-state index is 0.00906. The Kier molecular flexibility index (Phi) is 5.40. The summed E-state index contributed by atoms with van der Waals surface area (Å²) in [5.41, 5.74) is -1.30. The molecule has 0 aromatic heterocycles. The van der Waals surface area contributed by atoms with Crippen LogP contribution in [-0.2, 0) is 22.2 Å². The van der Waals surface area contributed by atoms with E-state index in [1.165, 1.54) is 24.3 Å². The maximum atomic E-state index is 12.9. The summed E-state index contributed by atoms with van der Waals surface area (Å²) in [5, 5.41) is 5.09. The Balaban J connectivity index is 1.57. The molecule has 4 nitrogen and oxygen atoms in total. The van der Waals surface area contributed by atoms with Crippen molar-refractivity contribution in [1.82, 2.24) is 5.32 Å². The molecule has 0 bridgehead atoms. The number of hydrogen-bond acceptors (Lipinski definition) is 2. The third-order valence-electron chi connectivity index (χ3n) is 4.68. The van der Waals surface area contributed by atoms with Crippen molar-refractivity contribution < 1.29 is 27.2 Å². The Morgan fingerprint density at radius 3 is 2.29 bits per heavy atom. The number of rotatable bonds is 6. The molecule has 3 rings (SSSR count). The van der Waals surface area contributed by atoms with Gasteiger partial charge >= 0.3 is 6.18 Å². The number of carbonyl (C=O) groups excluding carboxylic acids is 2. The highest BCUT2D eigenvalue weighted by Gasteiger charge is 2.56. The molecule has 28 heavy (non-hydrogen) atoms. The van der Waals surface area contributed by atoms with Crippen LogP contribution in [0, 0.1) is 11.2 Å². The van der Waals surface area contributed by atoms with Gasteiger partial charge in [-0.2, -0.15) is 13.2 Å². The van der Waals surface area contributed by atoms with Gasteiger partial charge in [-0.15, -0.1) is 0 Å². The van der Waals surface area contributed by atoms with Crippen molar-refractivity contribution in [1.29, 1.82) is 0 Å². The molecule has 0 heterocycles. The molecular formula is C20H18F4N2O2. The predicted octanol–water partition coefficient (Wildman–Crippen LogP) is 3.92. The van der Waals surface area contributed by atoms with Crippen LogP contribution in [0.15, 0.2) is 48.5 Å². The second-order valence-corrected chi connectivity index (χ2v) is 6.75. The largest absolute Gasteiger partial charge is 0.416 e. The van der Waals surface area contributed by atoms with Gasteiger partial charge in [0.05, 0.1) is 5.56 Å². The van der Waals surface area contributed by atoms with Crippen LogP contribution in [0.25, 0.3) is 0 Å². The average molecular weight is 394 g/mol. The Hall–Kier alpha value is -2.90. The Bertz CT molecular complexity index is 875. The van der Waals surface area contributed by atoms with Gasteiger partial charge in [0.15, 0.2) is 0 Å². The van der Waals surface area contributed by atoms with E-state index in [9.17, 15) is 27.2 Å². The molecule has 0 atom stereocenters. The fourth-order valence-corrected chi connectivity index (χ4v) is 2.85. The molecule has 1 saturated carbocycles. The molecule has 0 unspecified atom stereocenters. The lowest BCUT2D eigenvalue weighted by molar-refractivity contribution is -0.138. The second-order valence-electron chi connectivity index (χ2n) is 6.75. The molecule has 1 fully saturated rings. The number of amides is 2. The number of anilines is 1. The monoisotopic (exact) mass is 394 g/mol. The van der Waals surface area contributed by atoms with Crippen LogP contribution in [0.4, 0.5) is 23.2 Å². The fourth-order valence-electron chi connectivity index (χ4n) is 2.85. The molecule has 0 saturated heterocycles. The van der Waals surface area contributed by atoms with E-state index in [0.29, 0.717) is 19.3 Å². The molecule has 0 aliphatic heterocycles. The summed E-state index contributed by atoms with van der Waals surface area (Å²) in [6.07, 6.45) is -3.38. The maximum Gasteiger partial charge on any atom is 0.416 e. The van der Waals surface area contributed by atoms with Crippen LogP contribution in [0.2, 0.25) is 0 Å². The van der Waals surface area contributed by atoms with Gasteiger partial charge in [-0.05, 0) is 55.2 Å². The highest BCUT2D eigenvalue weighted by atomic mass is 19.4. The summed E-state index contributed by atoms with van der Waals surface area (Å²) in [7, 11) is 0. The first-order valence-corrected chi connectivity index (χ1v) is 8.72. The van der Waals surface area contributed by atoms with Gasteiger partial charge in [-0.3, -0.25) is 9.59 Å². The lowest BCUT2D eigenvalue weighted by Crippen LogP contribution is -2.40.